The Morgan fingerprint density at radius 3 is 2.65 bits per heavy atom. The summed E-state index contributed by atoms with van der Waals surface area (Å²) in [7, 11) is 0. The number of aromatic hydroxyl groups is 1. The number of carboxylic acids is 1. The number of phenolic OH excluding ortho intramolecular Hbond substituents is 1. The van der Waals surface area contributed by atoms with Gasteiger partial charge < -0.3 is 10.2 Å². The van der Waals surface area contributed by atoms with Crippen molar-refractivity contribution < 1.29 is 19.4 Å². The molecule has 0 amide bonds. The molecule has 0 aromatic heterocycles. The van der Waals surface area contributed by atoms with Gasteiger partial charge in [-0.1, -0.05) is 6.07 Å². The molecule has 20 heavy (non-hydrogen) atoms. The molecule has 0 saturated carbocycles. The van der Waals surface area contributed by atoms with E-state index >= 15 is 0 Å². The van der Waals surface area contributed by atoms with Crippen LogP contribution in [0.4, 0.5) is 4.39 Å². The fraction of sp³-hybridized carbons (Fsp3) is 0.533. The highest BCUT2D eigenvalue weighted by Gasteiger charge is 2.20. The Morgan fingerprint density at radius 1 is 1.35 bits per heavy atom. The van der Waals surface area contributed by atoms with Crippen LogP contribution in [0, 0.1) is 11.7 Å². The van der Waals surface area contributed by atoms with Crippen molar-refractivity contribution in [3.63, 3.8) is 0 Å². The maximum atomic E-state index is 13.2. The summed E-state index contributed by atoms with van der Waals surface area (Å²) in [5.74, 6) is -1.15. The molecule has 0 aliphatic carbocycles. The normalized spacial score (nSPS) is 17.2. The molecule has 1 aliphatic heterocycles. The van der Waals surface area contributed by atoms with Gasteiger partial charge in [0.15, 0.2) is 11.6 Å². The molecule has 0 atom stereocenters. The minimum absolute atomic E-state index is 0.244. The van der Waals surface area contributed by atoms with E-state index in [4.69, 9.17) is 10.2 Å². The van der Waals surface area contributed by atoms with Crippen LogP contribution in [0.3, 0.4) is 0 Å². The summed E-state index contributed by atoms with van der Waals surface area (Å²) < 4.78 is 13.2. The average molecular weight is 281 g/mol. The molecule has 0 unspecified atom stereocenters. The monoisotopic (exact) mass is 281 g/mol. The first-order valence-corrected chi connectivity index (χ1v) is 6.96. The molecule has 2 N–H and O–H groups in total. The van der Waals surface area contributed by atoms with Gasteiger partial charge >= 0.3 is 5.97 Å². The molecular weight excluding hydrogens is 261 g/mol. The number of piperidine rings is 1. The summed E-state index contributed by atoms with van der Waals surface area (Å²) in [6.07, 6.45) is 2.98. The van der Waals surface area contributed by atoms with Crippen LogP contribution in [0.25, 0.3) is 0 Å². The lowest BCUT2D eigenvalue weighted by Crippen LogP contribution is -2.33. The van der Waals surface area contributed by atoms with Crippen LogP contribution in [0.15, 0.2) is 18.2 Å². The number of phenols is 1. The van der Waals surface area contributed by atoms with Crippen molar-refractivity contribution in [2.75, 3.05) is 13.1 Å². The average Bonchev–Trinajstić information content (AvgIpc) is 2.42. The summed E-state index contributed by atoms with van der Waals surface area (Å²) in [4.78, 5) is 12.8. The quantitative estimate of drug-likeness (QED) is 0.871. The zero-order valence-corrected chi connectivity index (χ0v) is 11.4. The van der Waals surface area contributed by atoms with Crippen LogP contribution in [0.1, 0.15) is 31.2 Å². The topological polar surface area (TPSA) is 60.8 Å². The number of likely N-dealkylation sites (tertiary alicyclic amines) is 1. The zero-order chi connectivity index (χ0) is 14.5. The molecule has 0 bridgehead atoms. The van der Waals surface area contributed by atoms with Crippen molar-refractivity contribution in [3.8, 4) is 5.75 Å². The van der Waals surface area contributed by atoms with Gasteiger partial charge in [0.05, 0.1) is 0 Å². The molecule has 1 aromatic carbocycles. The Balaban J connectivity index is 1.79. The van der Waals surface area contributed by atoms with Crippen LogP contribution >= 0.6 is 0 Å². The zero-order valence-electron chi connectivity index (χ0n) is 11.4. The minimum atomic E-state index is -0.730. The van der Waals surface area contributed by atoms with Gasteiger partial charge in [-0.2, -0.15) is 0 Å². The third kappa shape index (κ3) is 4.20. The smallest absolute Gasteiger partial charge is 0.303 e. The van der Waals surface area contributed by atoms with E-state index < -0.39 is 11.8 Å². The third-order valence-electron chi connectivity index (χ3n) is 3.89. The lowest BCUT2D eigenvalue weighted by Gasteiger charge is -2.31. The van der Waals surface area contributed by atoms with E-state index in [-0.39, 0.29) is 12.2 Å². The molecule has 1 heterocycles. The first-order valence-electron chi connectivity index (χ1n) is 6.96. The van der Waals surface area contributed by atoms with E-state index in [1.165, 1.54) is 12.1 Å². The Morgan fingerprint density at radius 2 is 2.05 bits per heavy atom. The summed E-state index contributed by atoms with van der Waals surface area (Å²) >= 11 is 0. The Bertz CT molecular complexity index is 470. The van der Waals surface area contributed by atoms with Crippen molar-refractivity contribution in [1.29, 1.82) is 0 Å². The van der Waals surface area contributed by atoms with Gasteiger partial charge in [0.1, 0.15) is 0 Å². The lowest BCUT2D eigenvalue weighted by molar-refractivity contribution is -0.137. The van der Waals surface area contributed by atoms with Crippen LogP contribution in [0.2, 0.25) is 0 Å². The Kier molecular flexibility index (Phi) is 4.95. The second-order valence-corrected chi connectivity index (χ2v) is 5.44. The molecule has 1 fully saturated rings. The molecule has 4 nitrogen and oxygen atoms in total. The highest BCUT2D eigenvalue weighted by atomic mass is 19.1. The van der Waals surface area contributed by atoms with E-state index in [0.29, 0.717) is 12.5 Å². The second-order valence-electron chi connectivity index (χ2n) is 5.44. The third-order valence-corrected chi connectivity index (χ3v) is 3.89. The van der Waals surface area contributed by atoms with E-state index in [9.17, 15) is 9.18 Å². The molecule has 5 heteroatoms. The molecule has 2 rings (SSSR count). The highest BCUT2D eigenvalue weighted by Crippen LogP contribution is 2.24. The van der Waals surface area contributed by atoms with Gasteiger partial charge in [-0.15, -0.1) is 0 Å². The number of halogens is 1. The largest absolute Gasteiger partial charge is 0.505 e. The molecule has 1 aromatic rings. The molecule has 1 saturated heterocycles. The van der Waals surface area contributed by atoms with Gasteiger partial charge in [0, 0.05) is 13.0 Å². The van der Waals surface area contributed by atoms with E-state index in [2.05, 4.69) is 4.90 Å². The molecule has 0 radical (unpaired) electrons. The van der Waals surface area contributed by atoms with Crippen LogP contribution in [-0.2, 0) is 11.3 Å². The van der Waals surface area contributed by atoms with Crippen molar-refractivity contribution in [2.24, 2.45) is 5.92 Å². The van der Waals surface area contributed by atoms with Gasteiger partial charge in [-0.05, 0) is 56.0 Å². The number of hydrogen-bond acceptors (Lipinski definition) is 3. The van der Waals surface area contributed by atoms with Gasteiger partial charge in [-0.3, -0.25) is 9.69 Å². The fourth-order valence-electron chi connectivity index (χ4n) is 2.67. The fourth-order valence-corrected chi connectivity index (χ4v) is 2.67. The number of nitrogens with zero attached hydrogens (tertiary/aromatic N) is 1. The maximum absolute atomic E-state index is 13.2. The summed E-state index contributed by atoms with van der Waals surface area (Å²) in [6.45, 7) is 2.49. The second kappa shape index (κ2) is 6.70. The molecule has 1 aliphatic rings. The maximum Gasteiger partial charge on any atom is 0.303 e. The predicted molar refractivity (Wildman–Crippen MR) is 72.9 cm³/mol. The minimum Gasteiger partial charge on any atom is -0.505 e. The molecule has 110 valence electrons. The summed E-state index contributed by atoms with van der Waals surface area (Å²) in [6, 6.07) is 4.48. The van der Waals surface area contributed by atoms with Crippen molar-refractivity contribution in [1.82, 2.24) is 4.90 Å². The SMILES string of the molecule is O=C(O)CCC1CCN(Cc2ccc(O)c(F)c2)CC1. The molecule has 0 spiro atoms. The Hall–Kier alpha value is -1.62. The van der Waals surface area contributed by atoms with Crippen LogP contribution in [0.5, 0.6) is 5.75 Å². The van der Waals surface area contributed by atoms with Crippen molar-refractivity contribution in [3.05, 3.63) is 29.6 Å². The van der Waals surface area contributed by atoms with Gasteiger partial charge in [0.2, 0.25) is 0 Å². The standard InChI is InChI=1S/C15H20FNO3/c16-13-9-12(1-3-14(13)18)10-17-7-5-11(6-8-17)2-4-15(19)20/h1,3,9,11,18H,2,4-8,10H2,(H,19,20). The van der Waals surface area contributed by atoms with E-state index in [0.717, 1.165) is 37.9 Å². The molecular formula is C15H20FNO3. The summed E-state index contributed by atoms with van der Waals surface area (Å²) in [5.41, 5.74) is 0.851. The first-order chi connectivity index (χ1) is 9.54. The lowest BCUT2D eigenvalue weighted by atomic mass is 9.92. The number of benzene rings is 1. The number of aliphatic carboxylic acids is 1. The van der Waals surface area contributed by atoms with Crippen LogP contribution < -0.4 is 0 Å². The van der Waals surface area contributed by atoms with Gasteiger partial charge in [0.25, 0.3) is 0 Å². The number of rotatable bonds is 5. The van der Waals surface area contributed by atoms with E-state index in [1.54, 1.807) is 6.07 Å². The van der Waals surface area contributed by atoms with Gasteiger partial charge in [-0.25, -0.2) is 4.39 Å². The number of carbonyl (C=O) groups is 1. The Labute approximate surface area is 117 Å². The van der Waals surface area contributed by atoms with Crippen molar-refractivity contribution >= 4 is 5.97 Å². The first kappa shape index (κ1) is 14.8. The highest BCUT2D eigenvalue weighted by molar-refractivity contribution is 5.66. The van der Waals surface area contributed by atoms with E-state index in [1.807, 2.05) is 0 Å². The number of carboxylic acid groups (broad SMARTS) is 1. The van der Waals surface area contributed by atoms with Crippen LogP contribution in [-0.4, -0.2) is 34.2 Å². The van der Waals surface area contributed by atoms with Crippen molar-refractivity contribution in [2.45, 2.75) is 32.2 Å². The predicted octanol–water partition coefficient (Wildman–Crippen LogP) is 2.61. The summed E-state index contributed by atoms with van der Waals surface area (Å²) in [5, 5.41) is 17.8. The number of hydrogen-bond donors (Lipinski definition) is 2.